The van der Waals surface area contributed by atoms with Crippen LogP contribution in [0, 0.1) is 5.92 Å². The molecule has 0 spiro atoms. The first kappa shape index (κ1) is 15.4. The Morgan fingerprint density at radius 1 is 1.22 bits per heavy atom. The van der Waals surface area contributed by atoms with Gasteiger partial charge in [0.15, 0.2) is 0 Å². The molecule has 0 saturated heterocycles. The van der Waals surface area contributed by atoms with Crippen molar-refractivity contribution in [2.24, 2.45) is 5.92 Å². The van der Waals surface area contributed by atoms with Gasteiger partial charge in [0, 0.05) is 6.04 Å². The minimum absolute atomic E-state index is 0.394. The lowest BCUT2D eigenvalue weighted by molar-refractivity contribution is 0.340. The minimum atomic E-state index is 0.394. The Morgan fingerprint density at radius 3 is 2.44 bits per heavy atom. The van der Waals surface area contributed by atoms with E-state index in [0.717, 1.165) is 18.9 Å². The van der Waals surface area contributed by atoms with Crippen molar-refractivity contribution in [1.29, 1.82) is 0 Å². The summed E-state index contributed by atoms with van der Waals surface area (Å²) in [6, 6.07) is 8.76. The number of benzene rings is 1. The van der Waals surface area contributed by atoms with Gasteiger partial charge in [0.05, 0.1) is 6.61 Å². The Bertz CT molecular complexity index is 326. The summed E-state index contributed by atoms with van der Waals surface area (Å²) in [5.74, 6) is 2.87. The molecule has 0 amide bonds. The van der Waals surface area contributed by atoms with E-state index in [2.05, 4.69) is 37.6 Å². The van der Waals surface area contributed by atoms with Crippen LogP contribution in [0.5, 0.6) is 5.75 Å². The summed E-state index contributed by atoms with van der Waals surface area (Å²) in [4.78, 5) is 0. The van der Waals surface area contributed by atoms with Gasteiger partial charge in [-0.05, 0) is 56.0 Å². The van der Waals surface area contributed by atoms with Gasteiger partial charge in [0.2, 0.25) is 0 Å². The van der Waals surface area contributed by atoms with Gasteiger partial charge in [-0.15, -0.1) is 0 Å². The van der Waals surface area contributed by atoms with E-state index in [1.165, 1.54) is 11.3 Å². The highest BCUT2D eigenvalue weighted by Gasteiger charge is 2.07. The molecule has 102 valence electrons. The normalized spacial score (nSPS) is 14.2. The van der Waals surface area contributed by atoms with E-state index in [1.54, 1.807) is 0 Å². The molecular formula is C15H25NOS. The number of thioether (sulfide) groups is 1. The molecular weight excluding hydrogens is 242 g/mol. The van der Waals surface area contributed by atoms with Crippen molar-refractivity contribution in [3.63, 3.8) is 0 Å². The molecule has 0 radical (unpaired) electrons. The molecule has 1 aromatic carbocycles. The van der Waals surface area contributed by atoms with Crippen LogP contribution in [0.15, 0.2) is 24.3 Å². The maximum absolute atomic E-state index is 5.45. The van der Waals surface area contributed by atoms with Gasteiger partial charge < -0.3 is 10.1 Å². The van der Waals surface area contributed by atoms with Gasteiger partial charge >= 0.3 is 0 Å². The van der Waals surface area contributed by atoms with E-state index in [4.69, 9.17) is 4.74 Å². The van der Waals surface area contributed by atoms with Gasteiger partial charge in [-0.25, -0.2) is 0 Å². The van der Waals surface area contributed by atoms with E-state index in [9.17, 15) is 0 Å². The maximum Gasteiger partial charge on any atom is 0.119 e. The molecule has 0 heterocycles. The van der Waals surface area contributed by atoms with Crippen molar-refractivity contribution in [1.82, 2.24) is 5.32 Å². The van der Waals surface area contributed by atoms with Crippen LogP contribution < -0.4 is 10.1 Å². The van der Waals surface area contributed by atoms with Crippen molar-refractivity contribution < 1.29 is 4.74 Å². The molecule has 2 unspecified atom stereocenters. The molecule has 0 aromatic heterocycles. The van der Waals surface area contributed by atoms with Crippen LogP contribution in [0.3, 0.4) is 0 Å². The second kappa shape index (κ2) is 8.44. The highest BCUT2D eigenvalue weighted by Crippen LogP contribution is 2.18. The highest BCUT2D eigenvalue weighted by molar-refractivity contribution is 7.98. The largest absolute Gasteiger partial charge is 0.494 e. The van der Waals surface area contributed by atoms with Crippen molar-refractivity contribution in [2.75, 3.05) is 25.2 Å². The molecule has 0 aliphatic heterocycles. The average molecular weight is 267 g/mol. The van der Waals surface area contributed by atoms with Crippen molar-refractivity contribution in [3.8, 4) is 5.75 Å². The molecule has 2 atom stereocenters. The second-order valence-electron chi connectivity index (χ2n) is 4.69. The predicted molar refractivity (Wildman–Crippen MR) is 81.6 cm³/mol. The number of hydrogen-bond acceptors (Lipinski definition) is 3. The monoisotopic (exact) mass is 267 g/mol. The number of rotatable bonds is 8. The highest BCUT2D eigenvalue weighted by atomic mass is 32.2. The Kier molecular flexibility index (Phi) is 7.21. The molecule has 0 aliphatic carbocycles. The van der Waals surface area contributed by atoms with Gasteiger partial charge in [0.25, 0.3) is 0 Å². The third-order valence-corrected chi connectivity index (χ3v) is 3.82. The molecule has 1 aromatic rings. The third-order valence-electron chi connectivity index (χ3n) is 2.91. The van der Waals surface area contributed by atoms with Crippen LogP contribution in [0.2, 0.25) is 0 Å². The fourth-order valence-electron chi connectivity index (χ4n) is 1.86. The molecule has 1 N–H and O–H groups in total. The summed E-state index contributed by atoms with van der Waals surface area (Å²) >= 11 is 1.91. The smallest absolute Gasteiger partial charge is 0.119 e. The van der Waals surface area contributed by atoms with Crippen molar-refractivity contribution >= 4 is 11.8 Å². The van der Waals surface area contributed by atoms with Gasteiger partial charge in [-0.1, -0.05) is 19.1 Å². The number of ether oxygens (including phenoxy) is 1. The maximum atomic E-state index is 5.45. The standard InChI is InChI=1S/C15H25NOS/c1-5-17-15-8-6-14(7-9-15)13(3)16-10-12(2)11-18-4/h6-9,12-13,16H,5,10-11H2,1-4H3. The van der Waals surface area contributed by atoms with E-state index in [1.807, 2.05) is 30.8 Å². The molecule has 0 bridgehead atoms. The number of hydrogen-bond donors (Lipinski definition) is 1. The quantitative estimate of drug-likeness (QED) is 0.775. The zero-order chi connectivity index (χ0) is 13.4. The lowest BCUT2D eigenvalue weighted by atomic mass is 10.1. The fraction of sp³-hybridized carbons (Fsp3) is 0.600. The summed E-state index contributed by atoms with van der Waals surface area (Å²) in [6.07, 6.45) is 2.16. The van der Waals surface area contributed by atoms with E-state index in [0.29, 0.717) is 12.0 Å². The summed E-state index contributed by atoms with van der Waals surface area (Å²) in [6.45, 7) is 8.29. The summed E-state index contributed by atoms with van der Waals surface area (Å²) < 4.78 is 5.45. The number of nitrogens with one attached hydrogen (secondary N) is 1. The van der Waals surface area contributed by atoms with E-state index in [-0.39, 0.29) is 0 Å². The fourth-order valence-corrected chi connectivity index (χ4v) is 2.55. The first-order chi connectivity index (χ1) is 8.67. The van der Waals surface area contributed by atoms with Gasteiger partial charge in [-0.3, -0.25) is 0 Å². The van der Waals surface area contributed by atoms with Crippen LogP contribution in [-0.2, 0) is 0 Å². The lowest BCUT2D eigenvalue weighted by Gasteiger charge is -2.18. The lowest BCUT2D eigenvalue weighted by Crippen LogP contribution is -2.25. The Morgan fingerprint density at radius 2 is 1.89 bits per heavy atom. The summed E-state index contributed by atoms with van der Waals surface area (Å²) in [7, 11) is 0. The molecule has 3 heteroatoms. The second-order valence-corrected chi connectivity index (χ2v) is 5.60. The Labute approximate surface area is 116 Å². The van der Waals surface area contributed by atoms with Crippen molar-refractivity contribution in [2.45, 2.75) is 26.8 Å². The molecule has 18 heavy (non-hydrogen) atoms. The predicted octanol–water partition coefficient (Wildman–Crippen LogP) is 3.74. The van der Waals surface area contributed by atoms with Crippen molar-refractivity contribution in [3.05, 3.63) is 29.8 Å². The Balaban J connectivity index is 2.43. The SMILES string of the molecule is CCOc1ccc(C(C)NCC(C)CSC)cc1. The molecule has 0 fully saturated rings. The van der Waals surface area contributed by atoms with Crippen LogP contribution in [0.25, 0.3) is 0 Å². The minimum Gasteiger partial charge on any atom is -0.494 e. The first-order valence-electron chi connectivity index (χ1n) is 6.62. The Hall–Kier alpha value is -0.670. The molecule has 2 nitrogen and oxygen atoms in total. The van der Waals surface area contributed by atoms with Crippen LogP contribution in [-0.4, -0.2) is 25.2 Å². The van der Waals surface area contributed by atoms with Crippen LogP contribution >= 0.6 is 11.8 Å². The topological polar surface area (TPSA) is 21.3 Å². The van der Waals surface area contributed by atoms with E-state index >= 15 is 0 Å². The van der Waals surface area contributed by atoms with Crippen LogP contribution in [0.4, 0.5) is 0 Å². The summed E-state index contributed by atoms with van der Waals surface area (Å²) in [5, 5.41) is 3.58. The van der Waals surface area contributed by atoms with Crippen LogP contribution in [0.1, 0.15) is 32.4 Å². The average Bonchev–Trinajstić information content (AvgIpc) is 2.37. The molecule has 1 rings (SSSR count). The summed E-state index contributed by atoms with van der Waals surface area (Å²) in [5.41, 5.74) is 1.31. The van der Waals surface area contributed by atoms with Gasteiger partial charge in [0.1, 0.15) is 5.75 Å². The zero-order valence-electron chi connectivity index (χ0n) is 11.9. The third kappa shape index (κ3) is 5.32. The molecule has 0 saturated carbocycles. The van der Waals surface area contributed by atoms with Gasteiger partial charge in [-0.2, -0.15) is 11.8 Å². The van der Waals surface area contributed by atoms with E-state index < -0.39 is 0 Å². The first-order valence-corrected chi connectivity index (χ1v) is 8.01. The zero-order valence-corrected chi connectivity index (χ0v) is 12.7. The molecule has 0 aliphatic rings.